The third kappa shape index (κ3) is 2.58. The van der Waals surface area contributed by atoms with E-state index in [1.54, 1.807) is 9.58 Å². The van der Waals surface area contributed by atoms with Gasteiger partial charge in [0.05, 0.1) is 10.9 Å². The predicted octanol–water partition coefficient (Wildman–Crippen LogP) is 3.08. The maximum absolute atomic E-state index is 12.7. The van der Waals surface area contributed by atoms with Gasteiger partial charge in [0.1, 0.15) is 11.3 Å². The lowest BCUT2D eigenvalue weighted by molar-refractivity contribution is -0.116. The third-order valence-corrected chi connectivity index (χ3v) is 5.27. The molecule has 0 bridgehead atoms. The van der Waals surface area contributed by atoms with Crippen LogP contribution >= 0.6 is 11.8 Å². The van der Waals surface area contributed by atoms with Gasteiger partial charge in [-0.25, -0.2) is 4.98 Å². The van der Waals surface area contributed by atoms with Crippen molar-refractivity contribution in [2.45, 2.75) is 30.7 Å². The summed E-state index contributed by atoms with van der Waals surface area (Å²) in [6.45, 7) is 4.64. The number of rotatable bonds is 3. The molecule has 1 saturated heterocycles. The van der Waals surface area contributed by atoms with Gasteiger partial charge in [0.15, 0.2) is 5.58 Å². The van der Waals surface area contributed by atoms with Crippen LogP contribution in [0.2, 0.25) is 0 Å². The average molecular weight is 342 g/mol. The molecular weight excluding hydrogens is 324 g/mol. The van der Waals surface area contributed by atoms with Gasteiger partial charge in [0, 0.05) is 19.7 Å². The molecule has 124 valence electrons. The van der Waals surface area contributed by atoms with Crippen molar-refractivity contribution in [3.05, 3.63) is 35.5 Å². The number of oxazole rings is 1. The van der Waals surface area contributed by atoms with Crippen LogP contribution in [0.15, 0.2) is 33.9 Å². The summed E-state index contributed by atoms with van der Waals surface area (Å²) in [4.78, 5) is 19.0. The van der Waals surface area contributed by atoms with Gasteiger partial charge in [0.2, 0.25) is 5.91 Å². The lowest BCUT2D eigenvalue weighted by Gasteiger charge is -2.15. The largest absolute Gasteiger partial charge is 0.431 e. The van der Waals surface area contributed by atoms with E-state index < -0.39 is 0 Å². The minimum Gasteiger partial charge on any atom is -0.431 e. The Morgan fingerprint density at radius 3 is 2.88 bits per heavy atom. The smallest absolute Gasteiger partial charge is 0.257 e. The highest BCUT2D eigenvalue weighted by molar-refractivity contribution is 8.00. The van der Waals surface area contributed by atoms with E-state index in [1.165, 1.54) is 11.8 Å². The monoisotopic (exact) mass is 342 g/mol. The summed E-state index contributed by atoms with van der Waals surface area (Å²) in [7, 11) is 1.86. The van der Waals surface area contributed by atoms with Gasteiger partial charge < -0.3 is 4.42 Å². The van der Waals surface area contributed by atoms with Gasteiger partial charge in [-0.2, -0.15) is 5.10 Å². The Morgan fingerprint density at radius 2 is 2.12 bits per heavy atom. The van der Waals surface area contributed by atoms with Crippen molar-refractivity contribution in [3.8, 4) is 0 Å². The second-order valence-corrected chi connectivity index (χ2v) is 7.26. The zero-order valence-electron chi connectivity index (χ0n) is 13.8. The SMILES string of the molecule is Cc1ccc2oc(SC3CCN(c4cc(C)nn4C)C3=O)nc2c1. The van der Waals surface area contributed by atoms with Crippen molar-refractivity contribution in [3.63, 3.8) is 0 Å². The van der Waals surface area contributed by atoms with E-state index in [-0.39, 0.29) is 11.2 Å². The Hall–Kier alpha value is -2.28. The molecule has 0 N–H and O–H groups in total. The molecule has 24 heavy (non-hydrogen) atoms. The number of carbonyl (C=O) groups excluding carboxylic acids is 1. The second kappa shape index (κ2) is 5.66. The first kappa shape index (κ1) is 15.3. The lowest BCUT2D eigenvalue weighted by Crippen LogP contribution is -2.29. The molecule has 6 nitrogen and oxygen atoms in total. The Kier molecular flexibility index (Phi) is 3.60. The van der Waals surface area contributed by atoms with Crippen LogP contribution in [-0.2, 0) is 11.8 Å². The molecule has 1 aromatic carbocycles. The summed E-state index contributed by atoms with van der Waals surface area (Å²) in [6.07, 6.45) is 0.769. The van der Waals surface area contributed by atoms with E-state index in [2.05, 4.69) is 10.1 Å². The first-order valence-corrected chi connectivity index (χ1v) is 8.75. The molecule has 1 aliphatic heterocycles. The number of amides is 1. The number of fused-ring (bicyclic) bond motifs is 1. The van der Waals surface area contributed by atoms with Crippen LogP contribution in [0.3, 0.4) is 0 Å². The van der Waals surface area contributed by atoms with Crippen molar-refractivity contribution >= 4 is 34.6 Å². The minimum absolute atomic E-state index is 0.0847. The predicted molar refractivity (Wildman–Crippen MR) is 93.3 cm³/mol. The molecule has 3 heterocycles. The fourth-order valence-electron chi connectivity index (χ4n) is 3.03. The van der Waals surface area contributed by atoms with Gasteiger partial charge in [0.25, 0.3) is 5.22 Å². The van der Waals surface area contributed by atoms with Crippen LogP contribution in [0.25, 0.3) is 11.1 Å². The number of aryl methyl sites for hydroxylation is 3. The van der Waals surface area contributed by atoms with Crippen molar-refractivity contribution < 1.29 is 9.21 Å². The molecule has 7 heteroatoms. The Bertz CT molecular complexity index is 930. The van der Waals surface area contributed by atoms with Crippen LogP contribution in [0.5, 0.6) is 0 Å². The minimum atomic E-state index is -0.172. The summed E-state index contributed by atoms with van der Waals surface area (Å²) >= 11 is 1.40. The molecule has 2 aromatic heterocycles. The van der Waals surface area contributed by atoms with Crippen LogP contribution in [-0.4, -0.2) is 32.5 Å². The lowest BCUT2D eigenvalue weighted by atomic mass is 10.2. The van der Waals surface area contributed by atoms with Gasteiger partial charge in [-0.05, 0) is 38.0 Å². The number of thioether (sulfide) groups is 1. The second-order valence-electron chi connectivity index (χ2n) is 6.10. The van der Waals surface area contributed by atoms with E-state index in [9.17, 15) is 4.79 Å². The molecule has 0 saturated carbocycles. The summed E-state index contributed by atoms with van der Waals surface area (Å²) in [5.74, 6) is 0.926. The van der Waals surface area contributed by atoms with Crippen molar-refractivity contribution in [1.82, 2.24) is 14.8 Å². The molecule has 4 rings (SSSR count). The summed E-state index contributed by atoms with van der Waals surface area (Å²) in [5, 5.41) is 4.70. The Balaban J connectivity index is 1.54. The highest BCUT2D eigenvalue weighted by atomic mass is 32.2. The topological polar surface area (TPSA) is 64.2 Å². The maximum Gasteiger partial charge on any atom is 0.257 e. The third-order valence-electron chi connectivity index (χ3n) is 4.18. The number of benzene rings is 1. The molecule has 3 aromatic rings. The van der Waals surface area contributed by atoms with Crippen molar-refractivity contribution in [2.75, 3.05) is 11.4 Å². The standard InChI is InChI=1S/C17H18N4O2S/c1-10-4-5-13-12(8-10)18-17(23-13)24-14-6-7-21(16(14)22)15-9-11(2)19-20(15)3/h4-5,8-9,14H,6-7H2,1-3H3. The van der Waals surface area contributed by atoms with Gasteiger partial charge in [-0.3, -0.25) is 14.4 Å². The zero-order chi connectivity index (χ0) is 16.8. The van der Waals surface area contributed by atoms with E-state index in [4.69, 9.17) is 4.42 Å². The number of hydrogen-bond acceptors (Lipinski definition) is 5. The summed E-state index contributed by atoms with van der Waals surface area (Å²) < 4.78 is 7.52. The molecule has 1 fully saturated rings. The molecule has 1 aliphatic rings. The number of anilines is 1. The van der Waals surface area contributed by atoms with E-state index in [1.807, 2.05) is 45.2 Å². The van der Waals surface area contributed by atoms with Gasteiger partial charge >= 0.3 is 0 Å². The van der Waals surface area contributed by atoms with Crippen molar-refractivity contribution in [2.24, 2.45) is 7.05 Å². The van der Waals surface area contributed by atoms with E-state index >= 15 is 0 Å². The van der Waals surface area contributed by atoms with E-state index in [0.29, 0.717) is 11.8 Å². The van der Waals surface area contributed by atoms with Gasteiger partial charge in [-0.1, -0.05) is 17.8 Å². The first-order chi connectivity index (χ1) is 11.5. The number of hydrogen-bond donors (Lipinski definition) is 0. The maximum atomic E-state index is 12.7. The van der Waals surface area contributed by atoms with Crippen LogP contribution in [0.4, 0.5) is 5.82 Å². The Labute approximate surface area is 143 Å². The highest BCUT2D eigenvalue weighted by Gasteiger charge is 2.35. The highest BCUT2D eigenvalue weighted by Crippen LogP contribution is 2.34. The molecular formula is C17H18N4O2S. The summed E-state index contributed by atoms with van der Waals surface area (Å²) in [6, 6.07) is 7.84. The fourth-order valence-corrected chi connectivity index (χ4v) is 4.01. The number of nitrogens with zero attached hydrogens (tertiary/aromatic N) is 4. The molecule has 1 atom stereocenters. The first-order valence-electron chi connectivity index (χ1n) is 7.87. The molecule has 1 amide bonds. The quantitative estimate of drug-likeness (QED) is 0.732. The molecule has 0 radical (unpaired) electrons. The fraction of sp³-hybridized carbons (Fsp3) is 0.353. The zero-order valence-corrected chi connectivity index (χ0v) is 14.6. The Morgan fingerprint density at radius 1 is 1.29 bits per heavy atom. The summed E-state index contributed by atoms with van der Waals surface area (Å²) in [5.41, 5.74) is 3.64. The normalized spacial score (nSPS) is 18.0. The van der Waals surface area contributed by atoms with Crippen LogP contribution < -0.4 is 4.90 Å². The average Bonchev–Trinajstić information content (AvgIpc) is 3.18. The molecule has 1 unspecified atom stereocenters. The van der Waals surface area contributed by atoms with Gasteiger partial charge in [-0.15, -0.1) is 0 Å². The molecule has 0 aliphatic carbocycles. The van der Waals surface area contributed by atoms with Crippen LogP contribution in [0.1, 0.15) is 17.7 Å². The van der Waals surface area contributed by atoms with Crippen LogP contribution in [0, 0.1) is 13.8 Å². The number of carbonyl (C=O) groups is 1. The van der Waals surface area contributed by atoms with Crippen molar-refractivity contribution in [1.29, 1.82) is 0 Å². The van der Waals surface area contributed by atoms with E-state index in [0.717, 1.165) is 34.6 Å². The number of aromatic nitrogens is 3. The molecule has 0 spiro atoms.